The lowest BCUT2D eigenvalue weighted by Crippen LogP contribution is -2.54. The van der Waals surface area contributed by atoms with Crippen LogP contribution in [-0.2, 0) is 9.84 Å². The van der Waals surface area contributed by atoms with Gasteiger partial charge in [0.1, 0.15) is 5.37 Å². The molecule has 108 valence electrons. The first kappa shape index (κ1) is 16.3. The third kappa shape index (κ3) is 4.40. The Morgan fingerprint density at radius 2 is 2.06 bits per heavy atom. The molecule has 4 nitrogen and oxygen atoms in total. The van der Waals surface area contributed by atoms with Gasteiger partial charge in [-0.25, -0.2) is 8.42 Å². The lowest BCUT2D eigenvalue weighted by Gasteiger charge is -2.39. The molecule has 0 amide bonds. The SMILES string of the molecule is CCS(=O)(=O)C1CSCCN1C(C)CNC(C)C. The maximum absolute atomic E-state index is 12.1. The largest absolute Gasteiger partial charge is 0.313 e. The number of nitrogens with zero attached hydrogens (tertiary/aromatic N) is 1. The highest BCUT2D eigenvalue weighted by Crippen LogP contribution is 2.23. The highest BCUT2D eigenvalue weighted by atomic mass is 32.2. The molecule has 2 atom stereocenters. The van der Waals surface area contributed by atoms with Crippen LogP contribution in [0.3, 0.4) is 0 Å². The van der Waals surface area contributed by atoms with E-state index in [4.69, 9.17) is 0 Å². The molecule has 6 heteroatoms. The van der Waals surface area contributed by atoms with Crippen molar-refractivity contribution in [3.8, 4) is 0 Å². The predicted octanol–water partition coefficient (Wildman–Crippen LogP) is 1.18. The summed E-state index contributed by atoms with van der Waals surface area (Å²) in [5.74, 6) is 1.98. The van der Waals surface area contributed by atoms with Crippen molar-refractivity contribution in [1.82, 2.24) is 10.2 Å². The van der Waals surface area contributed by atoms with Crippen molar-refractivity contribution in [3.05, 3.63) is 0 Å². The van der Waals surface area contributed by atoms with E-state index < -0.39 is 9.84 Å². The second-order valence-corrected chi connectivity index (χ2v) is 8.73. The van der Waals surface area contributed by atoms with Crippen LogP contribution in [0, 0.1) is 0 Å². The van der Waals surface area contributed by atoms with Crippen molar-refractivity contribution in [2.45, 2.75) is 45.2 Å². The Morgan fingerprint density at radius 1 is 1.39 bits per heavy atom. The fourth-order valence-corrected chi connectivity index (χ4v) is 5.25. The summed E-state index contributed by atoms with van der Waals surface area (Å²) >= 11 is 1.75. The van der Waals surface area contributed by atoms with Crippen LogP contribution in [0.4, 0.5) is 0 Å². The molecule has 2 unspecified atom stereocenters. The van der Waals surface area contributed by atoms with E-state index in [9.17, 15) is 8.42 Å². The summed E-state index contributed by atoms with van der Waals surface area (Å²) in [5, 5.41) is 3.09. The highest BCUT2D eigenvalue weighted by Gasteiger charge is 2.35. The molecule has 1 N–H and O–H groups in total. The second kappa shape index (κ2) is 7.12. The maximum Gasteiger partial charge on any atom is 0.166 e. The molecule has 1 fully saturated rings. The summed E-state index contributed by atoms with van der Waals surface area (Å²) < 4.78 is 24.3. The number of hydrogen-bond acceptors (Lipinski definition) is 5. The lowest BCUT2D eigenvalue weighted by atomic mass is 10.2. The van der Waals surface area contributed by atoms with Gasteiger partial charge in [-0.3, -0.25) is 4.90 Å². The van der Waals surface area contributed by atoms with Crippen molar-refractivity contribution in [1.29, 1.82) is 0 Å². The minimum Gasteiger partial charge on any atom is -0.313 e. The molecule has 18 heavy (non-hydrogen) atoms. The van der Waals surface area contributed by atoms with Gasteiger partial charge in [0.2, 0.25) is 0 Å². The maximum atomic E-state index is 12.1. The lowest BCUT2D eigenvalue weighted by molar-refractivity contribution is 0.198. The Morgan fingerprint density at radius 3 is 2.61 bits per heavy atom. The quantitative estimate of drug-likeness (QED) is 0.797. The summed E-state index contributed by atoms with van der Waals surface area (Å²) in [6.07, 6.45) is 0. The molecular formula is C12H26N2O2S2. The summed E-state index contributed by atoms with van der Waals surface area (Å²) in [6.45, 7) is 9.79. The molecule has 0 aliphatic carbocycles. The van der Waals surface area contributed by atoms with Gasteiger partial charge in [-0.15, -0.1) is 0 Å². The van der Waals surface area contributed by atoms with Crippen molar-refractivity contribution < 1.29 is 8.42 Å². The monoisotopic (exact) mass is 294 g/mol. The summed E-state index contributed by atoms with van der Waals surface area (Å²) in [4.78, 5) is 2.16. The minimum atomic E-state index is -2.98. The van der Waals surface area contributed by atoms with Crippen LogP contribution in [-0.4, -0.2) is 61.1 Å². The van der Waals surface area contributed by atoms with Crippen molar-refractivity contribution in [3.63, 3.8) is 0 Å². The Labute approximate surface area is 116 Å². The Balaban J connectivity index is 2.70. The fraction of sp³-hybridized carbons (Fsp3) is 1.00. The molecule has 0 aromatic rings. The summed E-state index contributed by atoms with van der Waals surface area (Å²) in [7, 11) is -2.98. The van der Waals surface area contributed by atoms with E-state index in [2.05, 4.69) is 31.0 Å². The van der Waals surface area contributed by atoms with Gasteiger partial charge in [-0.05, 0) is 6.92 Å². The third-order valence-electron chi connectivity index (χ3n) is 3.33. The van der Waals surface area contributed by atoms with Crippen molar-refractivity contribution in [2.75, 3.05) is 30.3 Å². The molecule has 1 aliphatic heterocycles. The van der Waals surface area contributed by atoms with Crippen LogP contribution < -0.4 is 5.32 Å². The van der Waals surface area contributed by atoms with E-state index in [1.54, 1.807) is 18.7 Å². The number of rotatable bonds is 6. The Kier molecular flexibility index (Phi) is 6.44. The summed E-state index contributed by atoms with van der Waals surface area (Å²) in [5.41, 5.74) is 0. The van der Waals surface area contributed by atoms with Crippen LogP contribution in [0.5, 0.6) is 0 Å². The number of nitrogens with one attached hydrogen (secondary N) is 1. The zero-order valence-electron chi connectivity index (χ0n) is 11.8. The van der Waals surface area contributed by atoms with Gasteiger partial charge in [0.25, 0.3) is 0 Å². The molecule has 0 aromatic carbocycles. The van der Waals surface area contributed by atoms with Gasteiger partial charge in [0.15, 0.2) is 9.84 Å². The molecule has 1 saturated heterocycles. The van der Waals surface area contributed by atoms with Gasteiger partial charge < -0.3 is 5.32 Å². The van der Waals surface area contributed by atoms with Crippen molar-refractivity contribution in [2.24, 2.45) is 0 Å². The zero-order valence-corrected chi connectivity index (χ0v) is 13.5. The van der Waals surface area contributed by atoms with E-state index in [1.165, 1.54) is 0 Å². The number of sulfone groups is 1. The zero-order chi connectivity index (χ0) is 13.8. The molecule has 0 spiro atoms. The van der Waals surface area contributed by atoms with Gasteiger partial charge >= 0.3 is 0 Å². The molecular weight excluding hydrogens is 268 g/mol. The normalized spacial score (nSPS) is 24.4. The fourth-order valence-electron chi connectivity index (χ4n) is 2.12. The van der Waals surface area contributed by atoms with Gasteiger partial charge in [-0.2, -0.15) is 11.8 Å². The first-order chi connectivity index (χ1) is 8.38. The first-order valence-corrected chi connectivity index (χ1v) is 9.54. The Hall–Kier alpha value is 0.220. The van der Waals surface area contributed by atoms with Gasteiger partial charge in [0, 0.05) is 42.4 Å². The van der Waals surface area contributed by atoms with E-state index >= 15 is 0 Å². The van der Waals surface area contributed by atoms with Crippen molar-refractivity contribution >= 4 is 21.6 Å². The van der Waals surface area contributed by atoms with E-state index in [1.807, 2.05) is 0 Å². The smallest absolute Gasteiger partial charge is 0.166 e. The minimum absolute atomic E-state index is 0.235. The van der Waals surface area contributed by atoms with Gasteiger partial charge in [-0.1, -0.05) is 20.8 Å². The molecule has 1 rings (SSSR count). The topological polar surface area (TPSA) is 49.4 Å². The van der Waals surface area contributed by atoms with Crippen LogP contribution in [0.1, 0.15) is 27.7 Å². The molecule has 0 bridgehead atoms. The number of thioether (sulfide) groups is 1. The average Bonchev–Trinajstić information content (AvgIpc) is 2.36. The number of hydrogen-bond donors (Lipinski definition) is 1. The Bertz CT molecular complexity index is 344. The second-order valence-electron chi connectivity index (χ2n) is 5.13. The molecule has 0 aromatic heterocycles. The van der Waals surface area contributed by atoms with E-state index in [0.717, 1.165) is 18.8 Å². The standard InChI is InChI=1S/C12H26N2O2S2/c1-5-18(15,16)12-9-17-7-6-14(12)11(4)8-13-10(2)3/h10-13H,5-9H2,1-4H3. The van der Waals surface area contributed by atoms with Crippen LogP contribution >= 0.6 is 11.8 Å². The first-order valence-electron chi connectivity index (χ1n) is 6.67. The molecule has 0 radical (unpaired) electrons. The van der Waals surface area contributed by atoms with Crippen LogP contribution in [0.2, 0.25) is 0 Å². The third-order valence-corrected chi connectivity index (χ3v) is 6.63. The van der Waals surface area contributed by atoms with Gasteiger partial charge in [0.05, 0.1) is 0 Å². The average molecular weight is 294 g/mol. The predicted molar refractivity (Wildman–Crippen MR) is 79.9 cm³/mol. The molecule has 1 heterocycles. The molecule has 1 aliphatic rings. The molecule has 0 saturated carbocycles. The highest BCUT2D eigenvalue weighted by molar-refractivity contribution is 8.01. The van der Waals surface area contributed by atoms with E-state index in [0.29, 0.717) is 11.8 Å². The van der Waals surface area contributed by atoms with E-state index in [-0.39, 0.29) is 17.2 Å². The van der Waals surface area contributed by atoms with Crippen LogP contribution in [0.25, 0.3) is 0 Å². The van der Waals surface area contributed by atoms with Crippen LogP contribution in [0.15, 0.2) is 0 Å². The summed E-state index contributed by atoms with van der Waals surface area (Å²) in [6, 6.07) is 0.701.